The quantitative estimate of drug-likeness (QED) is 0.732. The minimum Gasteiger partial charge on any atom is -0.445 e. The molecule has 0 saturated carbocycles. The summed E-state index contributed by atoms with van der Waals surface area (Å²) in [6.45, 7) is 2.42. The maximum absolute atomic E-state index is 12.1. The van der Waals surface area contributed by atoms with E-state index in [2.05, 4.69) is 22.5 Å². The molecule has 6 nitrogen and oxygen atoms in total. The first-order valence-corrected chi connectivity index (χ1v) is 9.06. The second kappa shape index (κ2) is 8.05. The first-order chi connectivity index (χ1) is 13.3. The van der Waals surface area contributed by atoms with Crippen LogP contribution in [0.3, 0.4) is 0 Å². The van der Waals surface area contributed by atoms with Crippen LogP contribution in [0.1, 0.15) is 11.1 Å². The van der Waals surface area contributed by atoms with Crippen molar-refractivity contribution in [3.05, 3.63) is 84.2 Å². The van der Waals surface area contributed by atoms with E-state index in [9.17, 15) is 4.79 Å². The number of nitrogens with one attached hydrogen (secondary N) is 1. The van der Waals surface area contributed by atoms with E-state index in [0.717, 1.165) is 17.8 Å². The van der Waals surface area contributed by atoms with Gasteiger partial charge in [0.15, 0.2) is 0 Å². The van der Waals surface area contributed by atoms with Gasteiger partial charge in [-0.05, 0) is 29.3 Å². The number of amides is 1. The Balaban J connectivity index is 1.21. The van der Waals surface area contributed by atoms with Crippen LogP contribution in [0.4, 0.5) is 4.79 Å². The van der Waals surface area contributed by atoms with E-state index in [1.165, 1.54) is 5.56 Å². The molecule has 2 aromatic carbocycles. The van der Waals surface area contributed by atoms with Crippen molar-refractivity contribution in [1.82, 2.24) is 20.0 Å². The normalized spacial score (nSPS) is 14.0. The Labute approximate surface area is 158 Å². The molecule has 2 heterocycles. The number of rotatable bonds is 6. The van der Waals surface area contributed by atoms with Crippen LogP contribution in [0, 0.1) is 0 Å². The Hall–Kier alpha value is -3.12. The van der Waals surface area contributed by atoms with E-state index >= 15 is 0 Å². The summed E-state index contributed by atoms with van der Waals surface area (Å²) in [7, 11) is 0. The number of carbonyl (C=O) groups is 1. The molecule has 1 amide bonds. The Kier molecular flexibility index (Phi) is 5.16. The van der Waals surface area contributed by atoms with Crippen molar-refractivity contribution in [1.29, 1.82) is 0 Å². The van der Waals surface area contributed by atoms with E-state index < -0.39 is 0 Å². The van der Waals surface area contributed by atoms with Gasteiger partial charge in [0, 0.05) is 38.1 Å². The van der Waals surface area contributed by atoms with Gasteiger partial charge < -0.3 is 15.0 Å². The van der Waals surface area contributed by atoms with Crippen molar-refractivity contribution < 1.29 is 9.53 Å². The average molecular weight is 362 g/mol. The largest absolute Gasteiger partial charge is 0.445 e. The zero-order chi connectivity index (χ0) is 18.5. The monoisotopic (exact) mass is 362 g/mol. The van der Waals surface area contributed by atoms with Crippen molar-refractivity contribution in [3.8, 4) is 5.69 Å². The standard InChI is InChI=1S/C21H22N4O2/c26-21(27-16-17-6-2-1-3-7-17)24-14-19(15-24)22-13-18-8-4-9-20(12-18)25-11-5-10-23-25/h1-12,19,22H,13-16H2. The summed E-state index contributed by atoms with van der Waals surface area (Å²) in [4.78, 5) is 13.8. The first kappa shape index (κ1) is 17.3. The molecule has 138 valence electrons. The predicted molar refractivity (Wildman–Crippen MR) is 102 cm³/mol. The molecule has 0 bridgehead atoms. The van der Waals surface area contributed by atoms with Gasteiger partial charge in [0.2, 0.25) is 0 Å². The number of ether oxygens (including phenoxy) is 1. The minimum atomic E-state index is -0.252. The summed E-state index contributed by atoms with van der Waals surface area (Å²) in [5.41, 5.74) is 3.23. The molecule has 1 aliphatic heterocycles. The van der Waals surface area contributed by atoms with Gasteiger partial charge in [-0.15, -0.1) is 0 Å². The lowest BCUT2D eigenvalue weighted by molar-refractivity contribution is 0.0600. The lowest BCUT2D eigenvalue weighted by Gasteiger charge is -2.38. The highest BCUT2D eigenvalue weighted by Gasteiger charge is 2.31. The highest BCUT2D eigenvalue weighted by Crippen LogP contribution is 2.14. The zero-order valence-corrected chi connectivity index (χ0v) is 15.0. The number of nitrogens with zero attached hydrogens (tertiary/aromatic N) is 3. The molecule has 0 unspecified atom stereocenters. The molecule has 0 radical (unpaired) electrons. The van der Waals surface area contributed by atoms with Gasteiger partial charge in [-0.25, -0.2) is 9.48 Å². The van der Waals surface area contributed by atoms with E-state index in [4.69, 9.17) is 4.74 Å². The van der Waals surface area contributed by atoms with Gasteiger partial charge in [-0.2, -0.15) is 5.10 Å². The fourth-order valence-corrected chi connectivity index (χ4v) is 3.06. The van der Waals surface area contributed by atoms with Crippen LogP contribution in [0.2, 0.25) is 0 Å². The average Bonchev–Trinajstić information content (AvgIpc) is 3.21. The molecule has 1 aliphatic rings. The number of likely N-dealkylation sites (tertiary alicyclic amines) is 1. The highest BCUT2D eigenvalue weighted by atomic mass is 16.6. The summed E-state index contributed by atoms with van der Waals surface area (Å²) >= 11 is 0. The van der Waals surface area contributed by atoms with Crippen molar-refractivity contribution >= 4 is 6.09 Å². The number of benzene rings is 2. The summed E-state index contributed by atoms with van der Waals surface area (Å²) in [5.74, 6) is 0. The first-order valence-electron chi connectivity index (χ1n) is 9.06. The van der Waals surface area contributed by atoms with Gasteiger partial charge in [-0.1, -0.05) is 42.5 Å². The molecule has 27 heavy (non-hydrogen) atoms. The molecule has 0 aliphatic carbocycles. The van der Waals surface area contributed by atoms with Crippen LogP contribution >= 0.6 is 0 Å². The third-order valence-electron chi connectivity index (χ3n) is 4.62. The van der Waals surface area contributed by atoms with Crippen LogP contribution < -0.4 is 5.32 Å². The van der Waals surface area contributed by atoms with E-state index in [1.807, 2.05) is 59.4 Å². The molecule has 1 saturated heterocycles. The topological polar surface area (TPSA) is 59.4 Å². The minimum absolute atomic E-state index is 0.252. The van der Waals surface area contributed by atoms with E-state index in [1.54, 1.807) is 11.1 Å². The fourth-order valence-electron chi connectivity index (χ4n) is 3.06. The smallest absolute Gasteiger partial charge is 0.410 e. The van der Waals surface area contributed by atoms with Crippen molar-refractivity contribution in [2.75, 3.05) is 13.1 Å². The van der Waals surface area contributed by atoms with Gasteiger partial charge >= 0.3 is 6.09 Å². The third-order valence-corrected chi connectivity index (χ3v) is 4.62. The Bertz CT molecular complexity index is 874. The fraction of sp³-hybridized carbons (Fsp3) is 0.238. The van der Waals surface area contributed by atoms with Gasteiger partial charge in [0.1, 0.15) is 6.61 Å². The number of aromatic nitrogens is 2. The summed E-state index contributed by atoms with van der Waals surface area (Å²) in [6.07, 6.45) is 3.44. The highest BCUT2D eigenvalue weighted by molar-refractivity contribution is 5.68. The maximum atomic E-state index is 12.1. The number of carbonyl (C=O) groups excluding carboxylic acids is 1. The molecule has 6 heteroatoms. The second-order valence-corrected chi connectivity index (χ2v) is 6.64. The van der Waals surface area contributed by atoms with Crippen LogP contribution in [0.25, 0.3) is 5.69 Å². The Morgan fingerprint density at radius 1 is 1.07 bits per heavy atom. The third kappa shape index (κ3) is 4.35. The molecule has 0 spiro atoms. The van der Waals surface area contributed by atoms with Gasteiger partial charge in [-0.3, -0.25) is 0 Å². The molecular formula is C21H22N4O2. The van der Waals surface area contributed by atoms with Crippen molar-refractivity contribution in [3.63, 3.8) is 0 Å². The van der Waals surface area contributed by atoms with E-state index in [0.29, 0.717) is 25.7 Å². The van der Waals surface area contributed by atoms with Crippen LogP contribution in [0.5, 0.6) is 0 Å². The number of hydrogen-bond acceptors (Lipinski definition) is 4. The van der Waals surface area contributed by atoms with Gasteiger partial charge in [0.25, 0.3) is 0 Å². The summed E-state index contributed by atoms with van der Waals surface area (Å²) < 4.78 is 7.19. The van der Waals surface area contributed by atoms with E-state index in [-0.39, 0.29) is 6.09 Å². The molecular weight excluding hydrogens is 340 g/mol. The molecule has 0 atom stereocenters. The lowest BCUT2D eigenvalue weighted by atomic mass is 10.1. The van der Waals surface area contributed by atoms with Crippen molar-refractivity contribution in [2.45, 2.75) is 19.2 Å². The molecule has 1 N–H and O–H groups in total. The Morgan fingerprint density at radius 2 is 1.89 bits per heavy atom. The van der Waals surface area contributed by atoms with Crippen molar-refractivity contribution in [2.24, 2.45) is 0 Å². The summed E-state index contributed by atoms with van der Waals surface area (Å²) in [6, 6.07) is 20.2. The molecule has 3 aromatic rings. The maximum Gasteiger partial charge on any atom is 0.410 e. The zero-order valence-electron chi connectivity index (χ0n) is 15.0. The van der Waals surface area contributed by atoms with Crippen LogP contribution in [-0.2, 0) is 17.9 Å². The lowest BCUT2D eigenvalue weighted by Crippen LogP contribution is -2.59. The molecule has 4 rings (SSSR count). The SMILES string of the molecule is O=C(OCc1ccccc1)N1CC(NCc2cccc(-n3cccn3)c2)C1. The van der Waals surface area contributed by atoms with Gasteiger partial charge in [0.05, 0.1) is 5.69 Å². The Morgan fingerprint density at radius 3 is 2.67 bits per heavy atom. The summed E-state index contributed by atoms with van der Waals surface area (Å²) in [5, 5.41) is 7.74. The van der Waals surface area contributed by atoms with Crippen LogP contribution in [0.15, 0.2) is 73.1 Å². The molecule has 1 fully saturated rings. The second-order valence-electron chi connectivity index (χ2n) is 6.64. The van der Waals surface area contributed by atoms with Crippen LogP contribution in [-0.4, -0.2) is 39.9 Å². The molecule has 1 aromatic heterocycles. The number of hydrogen-bond donors (Lipinski definition) is 1. The predicted octanol–water partition coefficient (Wildman–Crippen LogP) is 2.98.